The molecule has 52 heavy (non-hydrogen) atoms. The van der Waals surface area contributed by atoms with Crippen LogP contribution >= 0.6 is 11.6 Å². The van der Waals surface area contributed by atoms with Gasteiger partial charge in [-0.05, 0) is 63.2 Å². The molecule has 11 nitrogen and oxygen atoms in total. The van der Waals surface area contributed by atoms with Gasteiger partial charge in [-0.2, -0.15) is 15.2 Å². The zero-order chi connectivity index (χ0) is 36.7. The molecular formula is C40H53ClN8O3. The molecule has 0 aliphatic carbocycles. The third kappa shape index (κ3) is 8.31. The fourth-order valence-electron chi connectivity index (χ4n) is 8.17. The van der Waals surface area contributed by atoms with Gasteiger partial charge in [0.25, 0.3) is 0 Å². The lowest BCUT2D eigenvalue weighted by Gasteiger charge is -2.38. The van der Waals surface area contributed by atoms with E-state index in [1.165, 1.54) is 18.9 Å². The predicted molar refractivity (Wildman–Crippen MR) is 207 cm³/mol. The molecule has 2 atom stereocenters. The standard InChI is InChI=1S/C38H50ClN7O3.C2H3N/c1-4-38(16-8-17-42(38)2)27-49-37-40-32-26-46(33-12-6-10-28-9-5-11-31(39)35(28)33)20-15-30(32)36(41-37)45-23-21-44(22-24-45)34(47)13-7-18-43-19-14-29(25-43)48-3;1-2-3/h5-7,9-13,29H,4,8,14-27H2,1-3H3;1H3/b13-7+;. The van der Waals surface area contributed by atoms with Crippen LogP contribution in [0.25, 0.3) is 10.8 Å². The van der Waals surface area contributed by atoms with Gasteiger partial charge in [0.2, 0.25) is 5.91 Å². The summed E-state index contributed by atoms with van der Waals surface area (Å²) in [5, 5.41) is 10.3. The highest BCUT2D eigenvalue weighted by Gasteiger charge is 2.38. The second-order valence-corrected chi connectivity index (χ2v) is 14.7. The van der Waals surface area contributed by atoms with E-state index in [-0.39, 0.29) is 11.4 Å². The minimum Gasteiger partial charge on any atom is -0.461 e. The number of ether oxygens (including phenoxy) is 2. The summed E-state index contributed by atoms with van der Waals surface area (Å²) in [6.07, 6.45) is 9.21. The maximum atomic E-state index is 13.1. The summed E-state index contributed by atoms with van der Waals surface area (Å²) in [7, 11) is 3.97. The van der Waals surface area contributed by atoms with Gasteiger partial charge in [0.15, 0.2) is 0 Å². The van der Waals surface area contributed by atoms with Crippen LogP contribution in [0.4, 0.5) is 11.5 Å². The highest BCUT2D eigenvalue weighted by molar-refractivity contribution is 6.36. The van der Waals surface area contributed by atoms with E-state index in [9.17, 15) is 4.79 Å². The number of rotatable bonds is 10. The van der Waals surface area contributed by atoms with Crippen LogP contribution in [0.2, 0.25) is 5.02 Å². The highest BCUT2D eigenvalue weighted by atomic mass is 35.5. The zero-order valence-electron chi connectivity index (χ0n) is 31.2. The summed E-state index contributed by atoms with van der Waals surface area (Å²) in [5.41, 5.74) is 3.31. The summed E-state index contributed by atoms with van der Waals surface area (Å²) >= 11 is 6.76. The van der Waals surface area contributed by atoms with Gasteiger partial charge in [-0.15, -0.1) is 0 Å². The Morgan fingerprint density at radius 1 is 1.08 bits per heavy atom. The average Bonchev–Trinajstić information content (AvgIpc) is 3.79. The smallest absolute Gasteiger partial charge is 0.318 e. The van der Waals surface area contributed by atoms with Crippen LogP contribution < -0.4 is 14.5 Å². The van der Waals surface area contributed by atoms with Crippen molar-refractivity contribution in [3.05, 3.63) is 64.8 Å². The predicted octanol–water partition coefficient (Wildman–Crippen LogP) is 5.55. The van der Waals surface area contributed by atoms with Crippen molar-refractivity contribution in [1.29, 1.82) is 5.26 Å². The van der Waals surface area contributed by atoms with E-state index in [1.807, 2.05) is 23.1 Å². The van der Waals surface area contributed by atoms with E-state index in [4.69, 9.17) is 36.3 Å². The Morgan fingerprint density at radius 3 is 2.54 bits per heavy atom. The number of carbonyl (C=O) groups excluding carboxylic acids is 1. The number of hydrogen-bond acceptors (Lipinski definition) is 10. The number of halogens is 1. The second kappa shape index (κ2) is 17.3. The van der Waals surface area contributed by atoms with Crippen LogP contribution in [-0.4, -0.2) is 122 Å². The molecule has 4 aliphatic rings. The number of piperazine rings is 1. The maximum absolute atomic E-state index is 13.1. The number of nitriles is 1. The number of fused-ring (bicyclic) bond motifs is 2. The lowest BCUT2D eigenvalue weighted by molar-refractivity contribution is -0.126. The third-order valence-electron chi connectivity index (χ3n) is 11.3. The second-order valence-electron chi connectivity index (χ2n) is 14.3. The molecule has 2 aromatic carbocycles. The number of methoxy groups -OCH3 is 1. The summed E-state index contributed by atoms with van der Waals surface area (Å²) in [5.74, 6) is 1.02. The van der Waals surface area contributed by atoms with E-state index in [2.05, 4.69) is 57.8 Å². The Labute approximate surface area is 313 Å². The van der Waals surface area contributed by atoms with Crippen LogP contribution in [-0.2, 0) is 22.5 Å². The first kappa shape index (κ1) is 37.8. The monoisotopic (exact) mass is 728 g/mol. The SMILES string of the molecule is CC#N.CCC1(COc2nc3c(c(N4CCN(C(=O)/C=C/CN5CCC(OC)C5)CC4)n2)CCN(c2cccc4cccc(Cl)c24)C3)CCCN1C. The molecule has 1 amide bonds. The topological polar surface area (TPSA) is 101 Å². The minimum atomic E-state index is 0.00489. The lowest BCUT2D eigenvalue weighted by atomic mass is 9.94. The number of anilines is 2. The molecule has 4 aliphatic heterocycles. The normalized spacial score (nSPS) is 22.4. The largest absolute Gasteiger partial charge is 0.461 e. The van der Waals surface area contributed by atoms with Crippen molar-refractivity contribution in [2.45, 2.75) is 64.1 Å². The maximum Gasteiger partial charge on any atom is 0.318 e. The van der Waals surface area contributed by atoms with Crippen LogP contribution in [0, 0.1) is 11.3 Å². The zero-order valence-corrected chi connectivity index (χ0v) is 31.9. The first-order chi connectivity index (χ1) is 25.3. The van der Waals surface area contributed by atoms with Crippen molar-refractivity contribution >= 4 is 39.8 Å². The van der Waals surface area contributed by atoms with Crippen molar-refractivity contribution in [2.75, 3.05) is 89.5 Å². The van der Waals surface area contributed by atoms with Gasteiger partial charge in [-0.25, -0.2) is 0 Å². The van der Waals surface area contributed by atoms with E-state index < -0.39 is 0 Å². The summed E-state index contributed by atoms with van der Waals surface area (Å²) < 4.78 is 12.0. The molecule has 12 heteroatoms. The van der Waals surface area contributed by atoms with Crippen molar-refractivity contribution in [2.24, 2.45) is 0 Å². The fraction of sp³-hybridized carbons (Fsp3) is 0.550. The fourth-order valence-corrected chi connectivity index (χ4v) is 8.44. The third-order valence-corrected chi connectivity index (χ3v) is 11.7. The molecule has 278 valence electrons. The highest BCUT2D eigenvalue weighted by Crippen LogP contribution is 2.38. The minimum absolute atomic E-state index is 0.00489. The van der Waals surface area contributed by atoms with Gasteiger partial charge in [-0.1, -0.05) is 48.9 Å². The van der Waals surface area contributed by atoms with E-state index in [0.29, 0.717) is 51.4 Å². The number of nitrogens with zero attached hydrogens (tertiary/aromatic N) is 8. The Morgan fingerprint density at radius 2 is 1.85 bits per heavy atom. The molecule has 3 aromatic rings. The van der Waals surface area contributed by atoms with Gasteiger partial charge in [0, 0.05) is 89.1 Å². The van der Waals surface area contributed by atoms with Gasteiger partial charge < -0.3 is 24.2 Å². The number of aromatic nitrogens is 2. The lowest BCUT2D eigenvalue weighted by Crippen LogP contribution is -2.49. The van der Waals surface area contributed by atoms with Crippen LogP contribution in [0.15, 0.2) is 48.6 Å². The molecule has 0 saturated carbocycles. The summed E-state index contributed by atoms with van der Waals surface area (Å²) in [6, 6.07) is 14.6. The average molecular weight is 729 g/mol. The molecule has 0 N–H and O–H groups in total. The van der Waals surface area contributed by atoms with Gasteiger partial charge in [0.05, 0.1) is 35.0 Å². The van der Waals surface area contributed by atoms with Crippen LogP contribution in [0.1, 0.15) is 50.8 Å². The quantitative estimate of drug-likeness (QED) is 0.247. The van der Waals surface area contributed by atoms with Crippen molar-refractivity contribution < 1.29 is 14.3 Å². The number of likely N-dealkylation sites (tertiary alicyclic amines) is 2. The number of likely N-dealkylation sites (N-methyl/N-ethyl adjacent to an activating group) is 1. The molecule has 5 heterocycles. The van der Waals surface area contributed by atoms with Crippen LogP contribution in [0.5, 0.6) is 6.01 Å². The molecule has 3 fully saturated rings. The van der Waals surface area contributed by atoms with Crippen LogP contribution in [0.3, 0.4) is 0 Å². The Bertz CT molecular complexity index is 1770. The molecule has 3 saturated heterocycles. The van der Waals surface area contributed by atoms with Crippen molar-refractivity contribution in [1.82, 2.24) is 24.7 Å². The molecule has 0 radical (unpaired) electrons. The van der Waals surface area contributed by atoms with Crippen molar-refractivity contribution in [3.63, 3.8) is 0 Å². The van der Waals surface area contributed by atoms with Gasteiger partial charge in [-0.3, -0.25) is 14.6 Å². The van der Waals surface area contributed by atoms with Crippen molar-refractivity contribution in [3.8, 4) is 12.1 Å². The molecule has 7 rings (SSSR count). The summed E-state index contributed by atoms with van der Waals surface area (Å²) in [4.78, 5) is 34.7. The summed E-state index contributed by atoms with van der Waals surface area (Å²) in [6.45, 7) is 12.3. The number of carbonyl (C=O) groups is 1. The molecule has 2 unspecified atom stereocenters. The number of amides is 1. The molecule has 0 spiro atoms. The molecular weight excluding hydrogens is 676 g/mol. The Kier molecular flexibility index (Phi) is 12.5. The Hall–Kier alpha value is -3.95. The van der Waals surface area contributed by atoms with E-state index in [1.54, 1.807) is 19.3 Å². The van der Waals surface area contributed by atoms with Gasteiger partial charge in [0.1, 0.15) is 12.4 Å². The van der Waals surface area contributed by atoms with E-state index >= 15 is 0 Å². The number of benzene rings is 2. The van der Waals surface area contributed by atoms with E-state index in [0.717, 1.165) is 91.4 Å². The first-order valence-corrected chi connectivity index (χ1v) is 19.1. The molecule has 1 aromatic heterocycles. The number of hydrogen-bond donors (Lipinski definition) is 0. The van der Waals surface area contributed by atoms with Gasteiger partial charge >= 0.3 is 6.01 Å². The first-order valence-electron chi connectivity index (χ1n) is 18.7. The molecule has 0 bridgehead atoms. The Balaban J connectivity index is 0.00000150.